The molecule has 1 fully saturated rings. The van der Waals surface area contributed by atoms with Gasteiger partial charge >= 0.3 is 0 Å². The third-order valence-electron chi connectivity index (χ3n) is 3.94. The lowest BCUT2D eigenvalue weighted by molar-refractivity contribution is 0.00544. The first-order chi connectivity index (χ1) is 7.99. The van der Waals surface area contributed by atoms with Gasteiger partial charge in [-0.25, -0.2) is 0 Å². The van der Waals surface area contributed by atoms with Gasteiger partial charge in [0.1, 0.15) is 6.10 Å². The van der Waals surface area contributed by atoms with Crippen LogP contribution in [-0.2, 0) is 4.74 Å². The molecule has 1 N–H and O–H groups in total. The number of nitrogens with zero attached hydrogens (tertiary/aromatic N) is 1. The Labute approximate surface area is 105 Å². The highest BCUT2D eigenvalue weighted by atomic mass is 16.5. The second-order valence-electron chi connectivity index (χ2n) is 6.12. The van der Waals surface area contributed by atoms with Crippen molar-refractivity contribution in [3.8, 4) is 6.07 Å². The van der Waals surface area contributed by atoms with Crippen LogP contribution in [0.5, 0.6) is 0 Å². The number of hydrogen-bond donors (Lipinski definition) is 1. The van der Waals surface area contributed by atoms with E-state index >= 15 is 0 Å². The fraction of sp³-hybridized carbons (Fsp3) is 0.929. The molecule has 0 radical (unpaired) electrons. The van der Waals surface area contributed by atoms with E-state index in [2.05, 4.69) is 26.8 Å². The molecule has 0 saturated heterocycles. The van der Waals surface area contributed by atoms with Crippen molar-refractivity contribution in [2.45, 2.75) is 52.6 Å². The monoisotopic (exact) mass is 239 g/mol. The van der Waals surface area contributed by atoms with Gasteiger partial charge in [0.05, 0.1) is 19.3 Å². The first kappa shape index (κ1) is 14.5. The topological polar surface area (TPSA) is 53.2 Å². The van der Waals surface area contributed by atoms with Crippen molar-refractivity contribution in [3.05, 3.63) is 0 Å². The molecule has 3 nitrogen and oxygen atoms in total. The predicted octanol–water partition coefficient (Wildman–Crippen LogP) is 2.74. The molecule has 0 aromatic rings. The van der Waals surface area contributed by atoms with Crippen LogP contribution in [0, 0.1) is 28.6 Å². The van der Waals surface area contributed by atoms with Gasteiger partial charge in [0.2, 0.25) is 0 Å². The lowest BCUT2D eigenvalue weighted by Gasteiger charge is -2.38. The van der Waals surface area contributed by atoms with Crippen molar-refractivity contribution in [2.75, 3.05) is 13.2 Å². The predicted molar refractivity (Wildman–Crippen MR) is 67.3 cm³/mol. The molecule has 0 amide bonds. The Morgan fingerprint density at radius 2 is 1.88 bits per heavy atom. The Morgan fingerprint density at radius 3 is 2.29 bits per heavy atom. The van der Waals surface area contributed by atoms with Crippen LogP contribution in [0.2, 0.25) is 0 Å². The van der Waals surface area contributed by atoms with Crippen molar-refractivity contribution in [2.24, 2.45) is 17.3 Å². The minimum atomic E-state index is -0.330. The van der Waals surface area contributed by atoms with Crippen LogP contribution in [0.1, 0.15) is 46.5 Å². The van der Waals surface area contributed by atoms with Crippen LogP contribution in [-0.4, -0.2) is 24.4 Å². The minimum absolute atomic E-state index is 0.00445. The van der Waals surface area contributed by atoms with Gasteiger partial charge in [-0.15, -0.1) is 0 Å². The van der Waals surface area contributed by atoms with E-state index in [0.29, 0.717) is 11.3 Å². The smallest absolute Gasteiger partial charge is 0.146 e. The van der Waals surface area contributed by atoms with Crippen molar-refractivity contribution in [1.29, 1.82) is 5.26 Å². The second-order valence-corrected chi connectivity index (χ2v) is 6.12. The van der Waals surface area contributed by atoms with Gasteiger partial charge in [0.25, 0.3) is 0 Å². The fourth-order valence-corrected chi connectivity index (χ4v) is 2.75. The molecule has 0 aromatic carbocycles. The molecular formula is C14H25NO2. The Kier molecular flexibility index (Phi) is 5.42. The molecule has 1 rings (SSSR count). The maximum Gasteiger partial charge on any atom is 0.146 e. The van der Waals surface area contributed by atoms with E-state index in [1.165, 1.54) is 12.8 Å². The fourth-order valence-electron chi connectivity index (χ4n) is 2.75. The lowest BCUT2D eigenvalue weighted by Crippen LogP contribution is -2.32. The van der Waals surface area contributed by atoms with Gasteiger partial charge in [-0.05, 0) is 42.9 Å². The maximum absolute atomic E-state index is 9.07. The summed E-state index contributed by atoms with van der Waals surface area (Å²) in [7, 11) is 0. The summed E-state index contributed by atoms with van der Waals surface area (Å²) < 4.78 is 5.39. The van der Waals surface area contributed by atoms with Gasteiger partial charge in [-0.1, -0.05) is 20.8 Å². The van der Waals surface area contributed by atoms with Crippen molar-refractivity contribution in [1.82, 2.24) is 0 Å². The molecule has 17 heavy (non-hydrogen) atoms. The molecular weight excluding hydrogens is 214 g/mol. The molecule has 1 saturated carbocycles. The van der Waals surface area contributed by atoms with Crippen molar-refractivity contribution < 1.29 is 9.84 Å². The van der Waals surface area contributed by atoms with Gasteiger partial charge < -0.3 is 9.84 Å². The number of aliphatic hydroxyl groups excluding tert-OH is 1. The normalized spacial score (nSPS) is 27.5. The number of hydrogen-bond acceptors (Lipinski definition) is 3. The molecule has 0 heterocycles. The van der Waals surface area contributed by atoms with Crippen LogP contribution in [0.4, 0.5) is 0 Å². The van der Waals surface area contributed by atoms with E-state index in [0.717, 1.165) is 18.8 Å². The number of ether oxygens (including phenoxy) is 1. The highest BCUT2D eigenvalue weighted by Gasteiger charge is 2.33. The van der Waals surface area contributed by atoms with E-state index in [1.807, 2.05) is 0 Å². The summed E-state index contributed by atoms with van der Waals surface area (Å²) in [5, 5.41) is 17.8. The minimum Gasteiger partial charge on any atom is -0.394 e. The molecule has 0 aliphatic heterocycles. The van der Waals surface area contributed by atoms with Gasteiger partial charge in [-0.3, -0.25) is 0 Å². The van der Waals surface area contributed by atoms with Crippen molar-refractivity contribution in [3.63, 3.8) is 0 Å². The number of nitriles is 1. The lowest BCUT2D eigenvalue weighted by atomic mass is 9.69. The van der Waals surface area contributed by atoms with Crippen molar-refractivity contribution >= 4 is 0 Å². The SMILES string of the molecule is CC(C)(C)C1CCC(C(C#N)OCCO)CC1. The first-order valence-corrected chi connectivity index (χ1v) is 6.61. The molecule has 1 atom stereocenters. The number of aliphatic hydroxyl groups is 1. The Morgan fingerprint density at radius 1 is 1.29 bits per heavy atom. The van der Waals surface area contributed by atoms with Crippen LogP contribution >= 0.6 is 0 Å². The summed E-state index contributed by atoms with van der Waals surface area (Å²) in [6, 6.07) is 2.23. The molecule has 3 heteroatoms. The van der Waals surface area contributed by atoms with Gasteiger partial charge in [-0.2, -0.15) is 5.26 Å². The Hall–Kier alpha value is -0.590. The molecule has 1 aliphatic carbocycles. The molecule has 1 aliphatic rings. The summed E-state index contributed by atoms with van der Waals surface area (Å²) >= 11 is 0. The van der Waals surface area contributed by atoms with E-state index in [4.69, 9.17) is 15.1 Å². The Balaban J connectivity index is 2.42. The standard InChI is InChI=1S/C14H25NO2/c1-14(2,3)12-6-4-11(5-7-12)13(10-15)17-9-8-16/h11-13,16H,4-9H2,1-3H3. The second kappa shape index (κ2) is 6.37. The van der Waals surface area contributed by atoms with Crippen LogP contribution in [0.15, 0.2) is 0 Å². The van der Waals surface area contributed by atoms with Gasteiger partial charge in [0.15, 0.2) is 0 Å². The van der Waals surface area contributed by atoms with E-state index in [9.17, 15) is 0 Å². The van der Waals surface area contributed by atoms with Gasteiger partial charge in [0, 0.05) is 0 Å². The Bertz CT molecular complexity index is 256. The van der Waals surface area contributed by atoms with E-state index in [-0.39, 0.29) is 19.3 Å². The molecule has 1 unspecified atom stereocenters. The summed E-state index contributed by atoms with van der Waals surface area (Å²) in [6.45, 7) is 7.15. The highest BCUT2D eigenvalue weighted by Crippen LogP contribution is 2.40. The maximum atomic E-state index is 9.07. The average Bonchev–Trinajstić information content (AvgIpc) is 2.29. The van der Waals surface area contributed by atoms with Crippen LogP contribution in [0.3, 0.4) is 0 Å². The largest absolute Gasteiger partial charge is 0.394 e. The van der Waals surface area contributed by atoms with Crippen LogP contribution in [0.25, 0.3) is 0 Å². The first-order valence-electron chi connectivity index (χ1n) is 6.61. The molecule has 98 valence electrons. The molecule has 0 spiro atoms. The third-order valence-corrected chi connectivity index (χ3v) is 3.94. The molecule has 0 aromatic heterocycles. The highest BCUT2D eigenvalue weighted by molar-refractivity contribution is 4.93. The third kappa shape index (κ3) is 4.29. The summed E-state index contributed by atoms with van der Waals surface area (Å²) in [5.41, 5.74) is 0.374. The van der Waals surface area contributed by atoms with E-state index < -0.39 is 0 Å². The zero-order chi connectivity index (χ0) is 12.9. The zero-order valence-corrected chi connectivity index (χ0v) is 11.3. The molecule has 0 bridgehead atoms. The quantitative estimate of drug-likeness (QED) is 0.820. The summed E-state index contributed by atoms with van der Waals surface area (Å²) in [5.74, 6) is 1.11. The average molecular weight is 239 g/mol. The zero-order valence-electron chi connectivity index (χ0n) is 11.3. The van der Waals surface area contributed by atoms with E-state index in [1.54, 1.807) is 0 Å². The summed E-state index contributed by atoms with van der Waals surface area (Å²) in [4.78, 5) is 0. The number of rotatable bonds is 4. The van der Waals surface area contributed by atoms with Crippen LogP contribution < -0.4 is 0 Å². The summed E-state index contributed by atoms with van der Waals surface area (Å²) in [6.07, 6.45) is 4.20.